The molecule has 0 amide bonds. The minimum atomic E-state index is -6.36. The van der Waals surface area contributed by atoms with E-state index in [-0.39, 0.29) is 0 Å². The van der Waals surface area contributed by atoms with Crippen molar-refractivity contribution in [3.63, 3.8) is 0 Å². The van der Waals surface area contributed by atoms with Crippen LogP contribution in [0.2, 0.25) is 0 Å². The Morgan fingerprint density at radius 2 is 1.16 bits per heavy atom. The van der Waals surface area contributed by atoms with Crippen LogP contribution in [0.5, 0.6) is 0 Å². The van der Waals surface area contributed by atoms with E-state index in [2.05, 4.69) is 0 Å². The zero-order chi connectivity index (χ0) is 15.2. The van der Waals surface area contributed by atoms with Gasteiger partial charge in [0, 0.05) is 0 Å². The molecule has 2 aliphatic carbocycles. The second-order valence-electron chi connectivity index (χ2n) is 4.06. The zero-order valence-electron chi connectivity index (χ0n) is 8.26. The molecule has 1 fully saturated rings. The first kappa shape index (κ1) is 14.0. The molecule has 0 aromatic rings. The van der Waals surface area contributed by atoms with Crippen molar-refractivity contribution in [2.24, 2.45) is 0 Å². The first-order chi connectivity index (χ1) is 8.26. The second kappa shape index (κ2) is 2.85. The van der Waals surface area contributed by atoms with Crippen LogP contribution in [-0.4, -0.2) is 39.9 Å². The number of hydrogen-bond acceptors (Lipinski definition) is 1. The molecular formula is C8HF9O2. The van der Waals surface area contributed by atoms with Crippen molar-refractivity contribution >= 4 is 5.97 Å². The standard InChI is InChI=1S/C8HF9O2/c9-1-2(10)5(12)7(14,15)4(1,11)6(13,3(18)19)8(5,16)17/h(H,18,19). The molecule has 1 saturated carbocycles. The molecule has 0 aromatic carbocycles. The average molecular weight is 300 g/mol. The van der Waals surface area contributed by atoms with Crippen molar-refractivity contribution in [3.8, 4) is 0 Å². The van der Waals surface area contributed by atoms with Crippen molar-refractivity contribution < 1.29 is 49.4 Å². The van der Waals surface area contributed by atoms with Crippen LogP contribution in [0.1, 0.15) is 0 Å². The van der Waals surface area contributed by atoms with Crippen LogP contribution < -0.4 is 0 Å². The smallest absolute Gasteiger partial charge is 0.352 e. The van der Waals surface area contributed by atoms with Gasteiger partial charge < -0.3 is 5.11 Å². The highest BCUT2D eigenvalue weighted by atomic mass is 19.3. The van der Waals surface area contributed by atoms with Gasteiger partial charge in [-0.15, -0.1) is 0 Å². The third-order valence-corrected chi connectivity index (χ3v) is 3.30. The molecule has 0 radical (unpaired) electrons. The van der Waals surface area contributed by atoms with Crippen molar-refractivity contribution in [2.75, 3.05) is 0 Å². The number of alkyl halides is 7. The Morgan fingerprint density at radius 1 is 0.789 bits per heavy atom. The maximum Gasteiger partial charge on any atom is 0.352 e. The maximum absolute atomic E-state index is 13.6. The summed E-state index contributed by atoms with van der Waals surface area (Å²) in [5, 5.41) is 8.14. The molecule has 11 heteroatoms. The first-order valence-corrected chi connectivity index (χ1v) is 4.38. The molecule has 1 N–H and O–H groups in total. The lowest BCUT2D eigenvalue weighted by Gasteiger charge is -2.34. The SMILES string of the molecule is O=C(O)C1(F)C(F)(F)C2(F)C(F)=C(F)C1(F)C2(F)F. The molecule has 2 rings (SSSR count). The highest BCUT2D eigenvalue weighted by Gasteiger charge is 3.06. The Kier molecular flexibility index (Phi) is 2.10. The van der Waals surface area contributed by atoms with Crippen LogP contribution in [-0.2, 0) is 4.79 Å². The van der Waals surface area contributed by atoms with Gasteiger partial charge in [-0.2, -0.15) is 17.6 Å². The largest absolute Gasteiger partial charge is 0.479 e. The van der Waals surface area contributed by atoms with E-state index in [0.29, 0.717) is 0 Å². The summed E-state index contributed by atoms with van der Waals surface area (Å²) in [5.74, 6) is -23.3. The Labute approximate surface area is 97.0 Å². The van der Waals surface area contributed by atoms with Crippen molar-refractivity contribution in [1.82, 2.24) is 0 Å². The summed E-state index contributed by atoms with van der Waals surface area (Å²) in [4.78, 5) is 10.3. The highest BCUT2D eigenvalue weighted by molar-refractivity contribution is 5.86. The second-order valence-corrected chi connectivity index (χ2v) is 4.06. The highest BCUT2D eigenvalue weighted by Crippen LogP contribution is 2.76. The van der Waals surface area contributed by atoms with E-state index in [0.717, 1.165) is 0 Å². The fourth-order valence-electron chi connectivity index (χ4n) is 2.25. The molecule has 0 spiro atoms. The average Bonchev–Trinajstić information content (AvgIpc) is 2.44. The summed E-state index contributed by atoms with van der Waals surface area (Å²) in [6, 6.07) is 0. The van der Waals surface area contributed by atoms with Gasteiger partial charge in [0.1, 0.15) is 0 Å². The van der Waals surface area contributed by atoms with Crippen LogP contribution in [0.15, 0.2) is 11.7 Å². The fourth-order valence-corrected chi connectivity index (χ4v) is 2.25. The van der Waals surface area contributed by atoms with Gasteiger partial charge >= 0.3 is 23.5 Å². The Balaban J connectivity index is 2.99. The van der Waals surface area contributed by atoms with E-state index in [1.165, 1.54) is 0 Å². The minimum Gasteiger partial charge on any atom is -0.479 e. The van der Waals surface area contributed by atoms with Crippen molar-refractivity contribution in [2.45, 2.75) is 28.9 Å². The van der Waals surface area contributed by atoms with E-state index < -0.39 is 46.5 Å². The van der Waals surface area contributed by atoms with E-state index in [1.807, 2.05) is 0 Å². The number of allylic oxidation sites excluding steroid dienone is 2. The Hall–Kier alpha value is -1.42. The van der Waals surface area contributed by atoms with Gasteiger partial charge in [0.2, 0.25) is 0 Å². The predicted molar refractivity (Wildman–Crippen MR) is 38.3 cm³/mol. The predicted octanol–water partition coefficient (Wildman–Crippen LogP) is 2.64. The van der Waals surface area contributed by atoms with E-state index in [1.54, 1.807) is 0 Å². The summed E-state index contributed by atoms with van der Waals surface area (Å²) in [6.45, 7) is 0. The molecule has 19 heavy (non-hydrogen) atoms. The molecule has 3 atom stereocenters. The molecule has 0 saturated heterocycles. The van der Waals surface area contributed by atoms with E-state index >= 15 is 0 Å². The molecule has 3 unspecified atom stereocenters. The summed E-state index contributed by atoms with van der Waals surface area (Å²) < 4.78 is 119. The lowest BCUT2D eigenvalue weighted by molar-refractivity contribution is -0.223. The first-order valence-electron chi connectivity index (χ1n) is 4.38. The third kappa shape index (κ3) is 0.820. The van der Waals surface area contributed by atoms with Gasteiger partial charge in [-0.05, 0) is 0 Å². The van der Waals surface area contributed by atoms with Crippen molar-refractivity contribution in [1.29, 1.82) is 0 Å². The normalized spacial score (nSPS) is 46.8. The number of rotatable bonds is 1. The molecule has 2 nitrogen and oxygen atoms in total. The maximum atomic E-state index is 13.6. The lowest BCUT2D eigenvalue weighted by atomic mass is 9.82. The zero-order valence-corrected chi connectivity index (χ0v) is 8.26. The molecule has 0 heterocycles. The Morgan fingerprint density at radius 3 is 1.47 bits per heavy atom. The summed E-state index contributed by atoms with van der Waals surface area (Å²) in [5.41, 5.74) is -18.0. The third-order valence-electron chi connectivity index (χ3n) is 3.30. The number of aliphatic carboxylic acids is 1. The number of carboxylic acid groups (broad SMARTS) is 1. The van der Waals surface area contributed by atoms with E-state index in [9.17, 15) is 44.3 Å². The number of carboxylic acids is 1. The summed E-state index contributed by atoms with van der Waals surface area (Å²) in [6.07, 6.45) is 0. The summed E-state index contributed by atoms with van der Waals surface area (Å²) in [7, 11) is 0. The molecule has 2 aliphatic rings. The lowest BCUT2D eigenvalue weighted by Crippen LogP contribution is -2.64. The molecule has 0 aliphatic heterocycles. The minimum absolute atomic E-state index is 3.53. The number of halogens is 9. The van der Waals surface area contributed by atoms with Gasteiger partial charge in [0.15, 0.2) is 11.7 Å². The van der Waals surface area contributed by atoms with Gasteiger partial charge in [-0.25, -0.2) is 26.7 Å². The quantitative estimate of drug-likeness (QED) is 0.756. The monoisotopic (exact) mass is 300 g/mol. The van der Waals surface area contributed by atoms with Crippen LogP contribution in [0.25, 0.3) is 0 Å². The molecular weight excluding hydrogens is 299 g/mol. The van der Waals surface area contributed by atoms with Gasteiger partial charge in [0.25, 0.3) is 11.3 Å². The van der Waals surface area contributed by atoms with Crippen LogP contribution in [0.3, 0.4) is 0 Å². The van der Waals surface area contributed by atoms with Gasteiger partial charge in [0.05, 0.1) is 0 Å². The van der Waals surface area contributed by atoms with Crippen LogP contribution in [0, 0.1) is 0 Å². The number of hydrogen-bond donors (Lipinski definition) is 1. The Bertz CT molecular complexity index is 528. The molecule has 2 bridgehead atoms. The number of carbonyl (C=O) groups is 1. The van der Waals surface area contributed by atoms with E-state index in [4.69, 9.17) is 5.11 Å². The van der Waals surface area contributed by atoms with Crippen LogP contribution in [0.4, 0.5) is 39.5 Å². The van der Waals surface area contributed by atoms with Crippen molar-refractivity contribution in [3.05, 3.63) is 11.7 Å². The molecule has 0 aromatic heterocycles. The van der Waals surface area contributed by atoms with Crippen LogP contribution >= 0.6 is 0 Å². The van der Waals surface area contributed by atoms with Gasteiger partial charge in [-0.1, -0.05) is 0 Å². The fraction of sp³-hybridized carbons (Fsp3) is 0.625. The number of fused-ring (bicyclic) bond motifs is 2. The summed E-state index contributed by atoms with van der Waals surface area (Å²) >= 11 is 0. The molecule has 108 valence electrons. The topological polar surface area (TPSA) is 37.3 Å². The van der Waals surface area contributed by atoms with Gasteiger partial charge in [-0.3, -0.25) is 0 Å².